The number of rotatable bonds is 6. The molecule has 0 fully saturated rings. The largest absolute Gasteiger partial charge is 0.573 e. The molecule has 2 aromatic carbocycles. The van der Waals surface area contributed by atoms with Gasteiger partial charge in [0.05, 0.1) is 40.7 Å². The van der Waals surface area contributed by atoms with Crippen LogP contribution >= 0.6 is 11.3 Å². The fraction of sp³-hybridized carbons (Fsp3) is 0.182. The predicted molar refractivity (Wildman–Crippen MR) is 120 cm³/mol. The number of carbonyl (C=O) groups is 1. The van der Waals surface area contributed by atoms with Crippen LogP contribution in [-0.2, 0) is 16.0 Å². The van der Waals surface area contributed by atoms with Crippen LogP contribution in [0.5, 0.6) is 5.75 Å². The molecule has 2 aromatic heterocycles. The Morgan fingerprint density at radius 2 is 1.88 bits per heavy atom. The summed E-state index contributed by atoms with van der Waals surface area (Å²) >= 11 is 1.26. The van der Waals surface area contributed by atoms with Crippen molar-refractivity contribution in [2.75, 3.05) is 7.11 Å². The molecule has 0 amide bonds. The molecule has 0 saturated carbocycles. The van der Waals surface area contributed by atoms with Gasteiger partial charge in [0.2, 0.25) is 5.13 Å². The van der Waals surface area contributed by atoms with E-state index in [-0.39, 0.29) is 29.1 Å². The van der Waals surface area contributed by atoms with Gasteiger partial charge < -0.3 is 9.47 Å². The summed E-state index contributed by atoms with van der Waals surface area (Å²) in [6.07, 6.45) is -5.20. The number of alkyl halides is 3. The molecular formula is C22H17F3N4O4S. The van der Waals surface area contributed by atoms with Crippen LogP contribution in [0.15, 0.2) is 58.3 Å². The summed E-state index contributed by atoms with van der Waals surface area (Å²) in [5.74, 6) is -1.14. The number of H-pyrrole nitrogens is 1. The molecular weight excluding hydrogens is 473 g/mol. The minimum atomic E-state index is -4.91. The van der Waals surface area contributed by atoms with Gasteiger partial charge in [-0.2, -0.15) is 4.68 Å². The monoisotopic (exact) mass is 490 g/mol. The number of fused-ring (bicyclic) bond motifs is 1. The summed E-state index contributed by atoms with van der Waals surface area (Å²) in [5.41, 5.74) is 0.280. The molecule has 0 aliphatic heterocycles. The number of nitrogens with one attached hydrogen (secondary N) is 1. The number of methoxy groups -OCH3 is 1. The first-order valence-electron chi connectivity index (χ1n) is 9.83. The standard InChI is InChI=1S/C22H17F3N4O4S/c1-12(26-13-7-3-5-9-16(13)33-22(23,24)25)19-15(11-18(30)32-2)28-29(20(19)31)21-27-14-8-4-6-10-17(14)34-21/h3-10,28H,11H2,1-2H3. The van der Waals surface area contributed by atoms with E-state index in [9.17, 15) is 22.8 Å². The molecule has 4 rings (SSSR count). The second-order valence-corrected chi connectivity index (χ2v) is 8.04. The lowest BCUT2D eigenvalue weighted by Crippen LogP contribution is -2.20. The second-order valence-electron chi connectivity index (χ2n) is 7.04. The van der Waals surface area contributed by atoms with Crippen molar-refractivity contribution >= 4 is 38.9 Å². The van der Waals surface area contributed by atoms with Crippen LogP contribution in [0.2, 0.25) is 0 Å². The van der Waals surface area contributed by atoms with Crippen molar-refractivity contribution < 1.29 is 27.4 Å². The van der Waals surface area contributed by atoms with E-state index >= 15 is 0 Å². The predicted octanol–water partition coefficient (Wildman–Crippen LogP) is 4.53. The van der Waals surface area contributed by atoms with E-state index in [1.807, 2.05) is 18.2 Å². The molecule has 1 N–H and O–H groups in total. The Hall–Kier alpha value is -3.93. The molecule has 0 radical (unpaired) electrons. The lowest BCUT2D eigenvalue weighted by atomic mass is 10.1. The maximum Gasteiger partial charge on any atom is 0.573 e. The molecule has 2 heterocycles. The van der Waals surface area contributed by atoms with Crippen LogP contribution < -0.4 is 10.3 Å². The van der Waals surface area contributed by atoms with Gasteiger partial charge >= 0.3 is 12.3 Å². The van der Waals surface area contributed by atoms with E-state index in [4.69, 9.17) is 4.74 Å². The van der Waals surface area contributed by atoms with Crippen molar-refractivity contribution in [3.8, 4) is 10.9 Å². The van der Waals surface area contributed by atoms with E-state index in [0.29, 0.717) is 10.6 Å². The molecule has 0 bridgehead atoms. The van der Waals surface area contributed by atoms with Crippen LogP contribution in [0.3, 0.4) is 0 Å². The number of aliphatic imine (C=N–C) groups is 1. The van der Waals surface area contributed by atoms with Gasteiger partial charge in [0.25, 0.3) is 5.56 Å². The summed E-state index contributed by atoms with van der Waals surface area (Å²) < 4.78 is 49.1. The van der Waals surface area contributed by atoms with Gasteiger partial charge in [0.1, 0.15) is 5.69 Å². The Kier molecular flexibility index (Phi) is 6.24. The van der Waals surface area contributed by atoms with E-state index < -0.39 is 23.6 Å². The molecule has 0 spiro atoms. The zero-order valence-corrected chi connectivity index (χ0v) is 18.7. The van der Waals surface area contributed by atoms with Crippen molar-refractivity contribution in [3.63, 3.8) is 0 Å². The van der Waals surface area contributed by atoms with Gasteiger partial charge in [-0.25, -0.2) is 9.98 Å². The van der Waals surface area contributed by atoms with Gasteiger partial charge in [-0.15, -0.1) is 13.2 Å². The molecule has 4 aromatic rings. The fourth-order valence-corrected chi connectivity index (χ4v) is 4.21. The molecule has 12 heteroatoms. The summed E-state index contributed by atoms with van der Waals surface area (Å²) in [6.45, 7) is 1.46. The summed E-state index contributed by atoms with van der Waals surface area (Å²) in [6, 6.07) is 12.6. The van der Waals surface area contributed by atoms with Crippen LogP contribution in [0.25, 0.3) is 15.3 Å². The van der Waals surface area contributed by atoms with Crippen LogP contribution in [0.4, 0.5) is 18.9 Å². The molecule has 0 aliphatic carbocycles. The lowest BCUT2D eigenvalue weighted by Gasteiger charge is -2.11. The molecule has 0 saturated heterocycles. The number of aromatic amines is 1. The third-order valence-corrected chi connectivity index (χ3v) is 5.75. The molecule has 0 atom stereocenters. The smallest absolute Gasteiger partial charge is 0.469 e. The number of carbonyl (C=O) groups excluding carboxylic acids is 1. The van der Waals surface area contributed by atoms with Gasteiger partial charge in [-0.1, -0.05) is 35.6 Å². The quantitative estimate of drug-likeness (QED) is 0.316. The van der Waals surface area contributed by atoms with Crippen LogP contribution in [0.1, 0.15) is 18.2 Å². The maximum atomic E-state index is 13.3. The minimum absolute atomic E-state index is 0.0199. The number of hydrogen-bond donors (Lipinski definition) is 1. The highest BCUT2D eigenvalue weighted by atomic mass is 32.1. The van der Waals surface area contributed by atoms with Crippen molar-refractivity contribution in [2.45, 2.75) is 19.7 Å². The normalized spacial score (nSPS) is 12.2. The highest BCUT2D eigenvalue weighted by Gasteiger charge is 2.32. The number of ether oxygens (including phenoxy) is 2. The Morgan fingerprint density at radius 1 is 1.18 bits per heavy atom. The van der Waals surface area contributed by atoms with Crippen molar-refractivity contribution in [2.24, 2.45) is 4.99 Å². The minimum Gasteiger partial charge on any atom is -0.469 e. The Bertz CT molecular complexity index is 1420. The Morgan fingerprint density at radius 3 is 2.59 bits per heavy atom. The zero-order valence-electron chi connectivity index (χ0n) is 17.8. The van der Waals surface area contributed by atoms with Gasteiger partial charge in [0, 0.05) is 0 Å². The third-order valence-electron chi connectivity index (χ3n) is 4.73. The Labute approximate surface area is 194 Å². The molecule has 34 heavy (non-hydrogen) atoms. The van der Waals surface area contributed by atoms with E-state index in [1.54, 1.807) is 6.07 Å². The van der Waals surface area contributed by atoms with Gasteiger partial charge in [0.15, 0.2) is 5.75 Å². The number of esters is 1. The number of nitrogens with zero attached hydrogens (tertiary/aromatic N) is 3. The molecule has 0 unspecified atom stereocenters. The zero-order chi connectivity index (χ0) is 24.5. The summed E-state index contributed by atoms with van der Waals surface area (Å²) in [7, 11) is 1.20. The second kappa shape index (κ2) is 9.14. The lowest BCUT2D eigenvalue weighted by molar-refractivity contribution is -0.274. The van der Waals surface area contributed by atoms with Crippen molar-refractivity contribution in [1.82, 2.24) is 14.8 Å². The number of hydrogen-bond acceptors (Lipinski definition) is 7. The fourth-order valence-electron chi connectivity index (χ4n) is 3.29. The third kappa shape index (κ3) is 4.86. The van der Waals surface area contributed by atoms with E-state index in [0.717, 1.165) is 10.8 Å². The number of para-hydroxylation sites is 3. The average Bonchev–Trinajstić information content (AvgIpc) is 3.34. The average molecular weight is 490 g/mol. The summed E-state index contributed by atoms with van der Waals surface area (Å²) in [4.78, 5) is 34.0. The first kappa shape index (κ1) is 23.2. The van der Waals surface area contributed by atoms with Crippen molar-refractivity contribution in [1.29, 1.82) is 0 Å². The van der Waals surface area contributed by atoms with Crippen LogP contribution in [-0.4, -0.2) is 39.9 Å². The highest BCUT2D eigenvalue weighted by molar-refractivity contribution is 7.20. The number of aromatic nitrogens is 3. The summed E-state index contributed by atoms with van der Waals surface area (Å²) in [5, 5.41) is 3.20. The van der Waals surface area contributed by atoms with Crippen molar-refractivity contribution in [3.05, 3.63) is 70.1 Å². The SMILES string of the molecule is COC(=O)Cc1[nH]n(-c2nc3ccccc3s2)c(=O)c1C(C)=Nc1ccccc1OC(F)(F)F. The molecule has 8 nitrogen and oxygen atoms in total. The van der Waals surface area contributed by atoms with Gasteiger partial charge in [-0.05, 0) is 31.2 Å². The highest BCUT2D eigenvalue weighted by Crippen LogP contribution is 2.32. The van der Waals surface area contributed by atoms with Gasteiger partial charge in [-0.3, -0.25) is 14.7 Å². The molecule has 0 aliphatic rings. The maximum absolute atomic E-state index is 13.3. The number of halogens is 3. The first-order chi connectivity index (χ1) is 16.2. The first-order valence-corrected chi connectivity index (χ1v) is 10.6. The van der Waals surface area contributed by atoms with E-state index in [2.05, 4.69) is 19.8 Å². The topological polar surface area (TPSA) is 98.6 Å². The van der Waals surface area contributed by atoms with Crippen LogP contribution in [0, 0.1) is 0 Å². The molecule has 176 valence electrons. The Balaban J connectivity index is 1.84. The number of thiazole rings is 1. The number of benzene rings is 2. The van der Waals surface area contributed by atoms with E-state index in [1.165, 1.54) is 48.3 Å².